The zero-order valence-electron chi connectivity index (χ0n) is 17.9. The first-order valence-electron chi connectivity index (χ1n) is 10.2. The largest absolute Gasteiger partial charge is 0.481 e. The molecule has 0 aliphatic carbocycles. The molecule has 1 unspecified atom stereocenters. The SMILES string of the molecule is CC(=O)O.CC(C)c1ccc(SCC2=NC(Cc3cc4ccc(F)cc4[nH]3)CS2)cc1. The summed E-state index contributed by atoms with van der Waals surface area (Å²) in [6.45, 7) is 5.52. The Morgan fingerprint density at radius 2 is 1.97 bits per heavy atom. The van der Waals surface area contributed by atoms with E-state index in [4.69, 9.17) is 14.9 Å². The van der Waals surface area contributed by atoms with E-state index >= 15 is 0 Å². The third kappa shape index (κ3) is 7.14. The van der Waals surface area contributed by atoms with Gasteiger partial charge in [0.25, 0.3) is 5.97 Å². The number of halogens is 1. The Bertz CT molecular complexity index is 1060. The molecule has 0 amide bonds. The predicted molar refractivity (Wildman–Crippen MR) is 130 cm³/mol. The van der Waals surface area contributed by atoms with Crippen molar-refractivity contribution in [1.82, 2.24) is 4.98 Å². The van der Waals surface area contributed by atoms with Crippen LogP contribution in [-0.4, -0.2) is 38.7 Å². The minimum Gasteiger partial charge on any atom is -0.481 e. The van der Waals surface area contributed by atoms with Crippen LogP contribution in [0.2, 0.25) is 0 Å². The van der Waals surface area contributed by atoms with Crippen LogP contribution in [0.5, 0.6) is 0 Å². The number of H-pyrrole nitrogens is 1. The number of benzene rings is 2. The molecule has 0 spiro atoms. The summed E-state index contributed by atoms with van der Waals surface area (Å²) in [6.07, 6.45) is 0.876. The number of aromatic nitrogens is 1. The second-order valence-electron chi connectivity index (χ2n) is 7.75. The van der Waals surface area contributed by atoms with Crippen LogP contribution < -0.4 is 0 Å². The first kappa shape index (κ1) is 23.4. The van der Waals surface area contributed by atoms with Crippen LogP contribution in [-0.2, 0) is 11.2 Å². The smallest absolute Gasteiger partial charge is 0.300 e. The monoisotopic (exact) mass is 458 g/mol. The molecule has 31 heavy (non-hydrogen) atoms. The molecule has 0 saturated carbocycles. The molecule has 0 fully saturated rings. The lowest BCUT2D eigenvalue weighted by Crippen LogP contribution is -2.08. The number of aromatic amines is 1. The molecule has 3 aromatic rings. The van der Waals surface area contributed by atoms with Crippen molar-refractivity contribution in [1.29, 1.82) is 0 Å². The van der Waals surface area contributed by atoms with Gasteiger partial charge in [0.05, 0.1) is 11.1 Å². The van der Waals surface area contributed by atoms with E-state index in [1.54, 1.807) is 6.07 Å². The van der Waals surface area contributed by atoms with Gasteiger partial charge in [-0.05, 0) is 53.3 Å². The van der Waals surface area contributed by atoms with Crippen LogP contribution in [0.4, 0.5) is 4.39 Å². The van der Waals surface area contributed by atoms with Gasteiger partial charge in [-0.15, -0.1) is 23.5 Å². The average Bonchev–Trinajstić information content (AvgIpc) is 3.32. The van der Waals surface area contributed by atoms with E-state index in [2.05, 4.69) is 49.2 Å². The minimum absolute atomic E-state index is 0.203. The van der Waals surface area contributed by atoms with Crippen LogP contribution in [0.3, 0.4) is 0 Å². The maximum Gasteiger partial charge on any atom is 0.300 e. The molecule has 0 bridgehead atoms. The number of nitrogens with zero attached hydrogens (tertiary/aromatic N) is 1. The number of thioether (sulfide) groups is 2. The van der Waals surface area contributed by atoms with Gasteiger partial charge in [0.1, 0.15) is 5.82 Å². The van der Waals surface area contributed by atoms with Crippen LogP contribution in [0.15, 0.2) is 58.4 Å². The number of rotatable bonds is 6. The van der Waals surface area contributed by atoms with E-state index in [1.165, 1.54) is 21.6 Å². The summed E-state index contributed by atoms with van der Waals surface area (Å²) in [7, 11) is 0. The summed E-state index contributed by atoms with van der Waals surface area (Å²) in [4.78, 5) is 18.5. The molecule has 2 heterocycles. The zero-order valence-corrected chi connectivity index (χ0v) is 19.5. The topological polar surface area (TPSA) is 65.4 Å². The molecule has 4 rings (SSSR count). The summed E-state index contributed by atoms with van der Waals surface area (Å²) in [5.74, 6) is 1.48. The van der Waals surface area contributed by atoms with Gasteiger partial charge in [-0.25, -0.2) is 4.39 Å². The normalized spacial score (nSPS) is 15.6. The van der Waals surface area contributed by atoms with E-state index in [9.17, 15) is 4.39 Å². The number of aliphatic carboxylic acids is 1. The van der Waals surface area contributed by atoms with Crippen LogP contribution in [0.25, 0.3) is 10.9 Å². The van der Waals surface area contributed by atoms with E-state index in [-0.39, 0.29) is 5.82 Å². The van der Waals surface area contributed by atoms with Crippen molar-refractivity contribution in [3.05, 3.63) is 65.6 Å². The second-order valence-corrected chi connectivity index (χ2v) is 9.89. The third-order valence-corrected chi connectivity index (χ3v) is 7.11. The van der Waals surface area contributed by atoms with Crippen molar-refractivity contribution in [2.45, 2.75) is 44.0 Å². The van der Waals surface area contributed by atoms with E-state index in [0.29, 0.717) is 12.0 Å². The molecule has 4 nitrogen and oxygen atoms in total. The molecule has 1 atom stereocenters. The van der Waals surface area contributed by atoms with Crippen molar-refractivity contribution in [3.8, 4) is 0 Å². The standard InChI is InChI=1S/C22H23FN2S2.C2H4O2/c1-14(2)15-4-7-20(8-5-15)26-13-22-25-19(12-27-22)11-18-9-16-3-6-17(23)10-21(16)24-18;1-2(3)4/h3-10,14,19,24H,11-13H2,1-2H3;1H3,(H,3,4). The van der Waals surface area contributed by atoms with E-state index in [0.717, 1.165) is 41.4 Å². The number of hydrogen-bond donors (Lipinski definition) is 2. The first-order valence-corrected chi connectivity index (χ1v) is 12.2. The first-order chi connectivity index (χ1) is 14.8. The van der Waals surface area contributed by atoms with Gasteiger partial charge in [0, 0.05) is 41.0 Å². The fourth-order valence-corrected chi connectivity index (χ4v) is 5.28. The highest BCUT2D eigenvalue weighted by Gasteiger charge is 2.19. The molecule has 1 aliphatic heterocycles. The van der Waals surface area contributed by atoms with Gasteiger partial charge in [0.15, 0.2) is 0 Å². The van der Waals surface area contributed by atoms with Gasteiger partial charge in [-0.2, -0.15) is 0 Å². The summed E-state index contributed by atoms with van der Waals surface area (Å²) in [5.41, 5.74) is 3.37. The Balaban J connectivity index is 0.000000628. The quantitative estimate of drug-likeness (QED) is 0.421. The van der Waals surface area contributed by atoms with Gasteiger partial charge >= 0.3 is 0 Å². The molecule has 2 N–H and O–H groups in total. The highest BCUT2D eigenvalue weighted by atomic mass is 32.2. The van der Waals surface area contributed by atoms with Crippen LogP contribution in [0.1, 0.15) is 37.9 Å². The highest BCUT2D eigenvalue weighted by Crippen LogP contribution is 2.28. The highest BCUT2D eigenvalue weighted by molar-refractivity contribution is 8.16. The number of aliphatic imine (C=N–C) groups is 1. The molecule has 0 radical (unpaired) electrons. The van der Waals surface area contributed by atoms with Crippen molar-refractivity contribution in [2.75, 3.05) is 11.5 Å². The molecular weight excluding hydrogens is 431 g/mol. The summed E-state index contributed by atoms with van der Waals surface area (Å²) >= 11 is 3.71. The van der Waals surface area contributed by atoms with Crippen molar-refractivity contribution < 1.29 is 14.3 Å². The third-order valence-electron chi connectivity index (χ3n) is 4.77. The Kier molecular flexibility index (Phi) is 8.21. The second kappa shape index (κ2) is 10.9. The van der Waals surface area contributed by atoms with E-state index < -0.39 is 5.97 Å². The van der Waals surface area contributed by atoms with E-state index in [1.807, 2.05) is 29.6 Å². The summed E-state index contributed by atoms with van der Waals surface area (Å²) in [6, 6.07) is 16.2. The fourth-order valence-electron chi connectivity index (χ4n) is 3.27. The Morgan fingerprint density at radius 1 is 1.26 bits per heavy atom. The molecule has 1 aliphatic rings. The lowest BCUT2D eigenvalue weighted by atomic mass is 10.0. The van der Waals surface area contributed by atoms with Gasteiger partial charge in [0.2, 0.25) is 0 Å². The number of carbonyl (C=O) groups is 1. The molecule has 1 aromatic heterocycles. The zero-order chi connectivity index (χ0) is 22.4. The van der Waals surface area contributed by atoms with Gasteiger partial charge in [-0.1, -0.05) is 26.0 Å². The lowest BCUT2D eigenvalue weighted by molar-refractivity contribution is -0.134. The number of nitrogens with one attached hydrogen (secondary N) is 1. The number of hydrogen-bond acceptors (Lipinski definition) is 4. The van der Waals surface area contributed by atoms with Crippen molar-refractivity contribution >= 4 is 45.4 Å². The van der Waals surface area contributed by atoms with Crippen molar-refractivity contribution in [3.63, 3.8) is 0 Å². The maximum absolute atomic E-state index is 13.3. The number of fused-ring (bicyclic) bond motifs is 1. The summed E-state index contributed by atoms with van der Waals surface area (Å²) < 4.78 is 13.3. The number of carboxylic acid groups (broad SMARTS) is 1. The molecular formula is C24H27FN2O2S2. The number of carboxylic acids is 1. The Labute approximate surface area is 190 Å². The predicted octanol–water partition coefficient (Wildman–Crippen LogP) is 6.37. The maximum atomic E-state index is 13.3. The minimum atomic E-state index is -0.833. The van der Waals surface area contributed by atoms with Crippen molar-refractivity contribution in [2.24, 2.45) is 4.99 Å². The Morgan fingerprint density at radius 3 is 2.65 bits per heavy atom. The average molecular weight is 459 g/mol. The lowest BCUT2D eigenvalue weighted by Gasteiger charge is -2.06. The van der Waals surface area contributed by atoms with Crippen LogP contribution >= 0.6 is 23.5 Å². The van der Waals surface area contributed by atoms with Gasteiger partial charge < -0.3 is 10.1 Å². The Hall–Kier alpha value is -2.25. The summed E-state index contributed by atoms with van der Waals surface area (Å²) in [5, 5.41) is 9.70. The molecule has 7 heteroatoms. The molecule has 0 saturated heterocycles. The van der Waals surface area contributed by atoms with Gasteiger partial charge in [-0.3, -0.25) is 9.79 Å². The molecule has 164 valence electrons. The fraction of sp³-hybridized carbons (Fsp3) is 0.333. The van der Waals surface area contributed by atoms with Crippen LogP contribution in [0, 0.1) is 5.82 Å². The molecule has 2 aromatic carbocycles.